The van der Waals surface area contributed by atoms with E-state index >= 15 is 0 Å². The van der Waals surface area contributed by atoms with Crippen molar-refractivity contribution >= 4 is 41.1 Å². The van der Waals surface area contributed by atoms with Crippen molar-refractivity contribution in [1.29, 1.82) is 0 Å². The monoisotopic (exact) mass is 365 g/mol. The first-order valence-electron chi connectivity index (χ1n) is 8.52. The van der Waals surface area contributed by atoms with E-state index in [4.69, 9.17) is 0 Å². The van der Waals surface area contributed by atoms with Gasteiger partial charge in [0, 0.05) is 23.7 Å². The average molecular weight is 365 g/mol. The van der Waals surface area contributed by atoms with E-state index < -0.39 is 0 Å². The highest BCUT2D eigenvalue weighted by molar-refractivity contribution is 7.11. The van der Waals surface area contributed by atoms with Gasteiger partial charge in [-0.3, -0.25) is 0 Å². The number of para-hydroxylation sites is 1. The highest BCUT2D eigenvalue weighted by atomic mass is 32.1. The van der Waals surface area contributed by atoms with Crippen LogP contribution >= 0.6 is 11.3 Å². The van der Waals surface area contributed by atoms with Gasteiger partial charge >= 0.3 is 0 Å². The molecule has 0 aliphatic carbocycles. The molecule has 1 aromatic carbocycles. The van der Waals surface area contributed by atoms with Crippen LogP contribution in [0.3, 0.4) is 0 Å². The van der Waals surface area contributed by atoms with Gasteiger partial charge in [0.15, 0.2) is 0 Å². The van der Waals surface area contributed by atoms with Gasteiger partial charge in [-0.25, -0.2) is 5.43 Å². The number of aromatic nitrogens is 3. The standard InChI is InChI=1S/C18H19N7S/c1-2-7-14(8-3-1)20-16-21-17(24-19-13-15-9-6-12-26-15)23-18(22-16)25-10-4-5-11-25/h1-3,6-9,12-13H,4-5,10-11H2,(H2,20,21,22,23,24). The smallest absolute Gasteiger partial charge is 0.250 e. The van der Waals surface area contributed by atoms with E-state index in [-0.39, 0.29) is 0 Å². The van der Waals surface area contributed by atoms with Gasteiger partial charge in [-0.05, 0) is 36.4 Å². The third-order valence-corrected chi connectivity index (χ3v) is 4.75. The van der Waals surface area contributed by atoms with Crippen molar-refractivity contribution in [2.45, 2.75) is 12.8 Å². The maximum absolute atomic E-state index is 4.57. The molecule has 4 rings (SSSR count). The maximum Gasteiger partial charge on any atom is 0.250 e. The molecule has 0 spiro atoms. The number of hydrazone groups is 1. The molecule has 3 heterocycles. The normalized spacial score (nSPS) is 14.1. The second kappa shape index (κ2) is 7.92. The summed E-state index contributed by atoms with van der Waals surface area (Å²) < 4.78 is 0. The highest BCUT2D eigenvalue weighted by Crippen LogP contribution is 2.20. The Morgan fingerprint density at radius 2 is 1.77 bits per heavy atom. The number of rotatable bonds is 6. The summed E-state index contributed by atoms with van der Waals surface area (Å²) in [5, 5.41) is 9.48. The summed E-state index contributed by atoms with van der Waals surface area (Å²) in [7, 11) is 0. The van der Waals surface area contributed by atoms with E-state index in [1.165, 1.54) is 0 Å². The summed E-state index contributed by atoms with van der Waals surface area (Å²) in [5.74, 6) is 1.60. The zero-order chi connectivity index (χ0) is 17.6. The van der Waals surface area contributed by atoms with Gasteiger partial charge in [0.2, 0.25) is 17.8 Å². The summed E-state index contributed by atoms with van der Waals surface area (Å²) >= 11 is 1.62. The van der Waals surface area contributed by atoms with Crippen LogP contribution in [0.4, 0.5) is 23.5 Å². The number of nitrogens with one attached hydrogen (secondary N) is 2. The number of benzene rings is 1. The molecule has 3 aromatic rings. The number of thiophene rings is 1. The van der Waals surface area contributed by atoms with Crippen molar-refractivity contribution < 1.29 is 0 Å². The molecule has 2 N–H and O–H groups in total. The lowest BCUT2D eigenvalue weighted by atomic mass is 10.3. The molecule has 0 unspecified atom stereocenters. The van der Waals surface area contributed by atoms with Crippen molar-refractivity contribution in [3.8, 4) is 0 Å². The summed E-state index contributed by atoms with van der Waals surface area (Å²) in [5.41, 5.74) is 3.85. The molecular weight excluding hydrogens is 346 g/mol. The molecule has 1 aliphatic rings. The molecule has 0 bridgehead atoms. The second-order valence-electron chi connectivity index (χ2n) is 5.85. The Morgan fingerprint density at radius 3 is 2.54 bits per heavy atom. The van der Waals surface area contributed by atoms with Gasteiger partial charge < -0.3 is 10.2 Å². The lowest BCUT2D eigenvalue weighted by molar-refractivity contribution is 0.883. The Balaban J connectivity index is 1.57. The van der Waals surface area contributed by atoms with Crippen LogP contribution in [0.5, 0.6) is 0 Å². The zero-order valence-electron chi connectivity index (χ0n) is 14.2. The Kier molecular flexibility index (Phi) is 5.02. The van der Waals surface area contributed by atoms with Crippen LogP contribution in [0.1, 0.15) is 17.7 Å². The molecular formula is C18H19N7S. The Morgan fingerprint density at radius 1 is 0.962 bits per heavy atom. The minimum absolute atomic E-state index is 0.424. The third-order valence-electron chi connectivity index (χ3n) is 3.94. The maximum atomic E-state index is 4.57. The topological polar surface area (TPSA) is 78.3 Å². The number of hydrogen-bond donors (Lipinski definition) is 2. The Labute approximate surface area is 155 Å². The first-order chi connectivity index (χ1) is 12.9. The molecule has 0 atom stereocenters. The summed E-state index contributed by atoms with van der Waals surface area (Å²) in [4.78, 5) is 16.8. The van der Waals surface area contributed by atoms with Crippen molar-refractivity contribution in [3.05, 3.63) is 52.7 Å². The highest BCUT2D eigenvalue weighted by Gasteiger charge is 2.17. The van der Waals surface area contributed by atoms with Crippen LogP contribution in [0, 0.1) is 0 Å². The molecule has 2 aromatic heterocycles. The Bertz CT molecular complexity index is 859. The molecule has 1 aliphatic heterocycles. The lowest BCUT2D eigenvalue weighted by Gasteiger charge is -2.16. The molecule has 26 heavy (non-hydrogen) atoms. The van der Waals surface area contributed by atoms with E-state index in [0.29, 0.717) is 17.8 Å². The predicted molar refractivity (Wildman–Crippen MR) is 107 cm³/mol. The van der Waals surface area contributed by atoms with E-state index in [1.807, 2.05) is 47.8 Å². The van der Waals surface area contributed by atoms with Gasteiger partial charge in [-0.2, -0.15) is 20.1 Å². The fourth-order valence-corrected chi connectivity index (χ4v) is 3.28. The van der Waals surface area contributed by atoms with Crippen molar-refractivity contribution in [3.63, 3.8) is 0 Å². The van der Waals surface area contributed by atoms with Crippen LogP contribution in [0.15, 0.2) is 52.9 Å². The fraction of sp³-hybridized carbons (Fsp3) is 0.222. The van der Waals surface area contributed by atoms with Crippen molar-refractivity contribution in [2.24, 2.45) is 5.10 Å². The van der Waals surface area contributed by atoms with E-state index in [0.717, 1.165) is 36.5 Å². The molecule has 0 saturated carbocycles. The van der Waals surface area contributed by atoms with Crippen LogP contribution in [0.25, 0.3) is 0 Å². The van der Waals surface area contributed by atoms with Crippen LogP contribution in [-0.2, 0) is 0 Å². The van der Waals surface area contributed by atoms with E-state index in [1.54, 1.807) is 17.6 Å². The number of nitrogens with zero attached hydrogens (tertiary/aromatic N) is 5. The van der Waals surface area contributed by atoms with Gasteiger partial charge in [-0.15, -0.1) is 11.3 Å². The SMILES string of the molecule is C(=NNc1nc(Nc2ccccc2)nc(N2CCCC2)n1)c1cccs1. The molecule has 1 fully saturated rings. The summed E-state index contributed by atoms with van der Waals surface area (Å²) in [6.07, 6.45) is 4.08. The lowest BCUT2D eigenvalue weighted by Crippen LogP contribution is -2.21. The number of anilines is 4. The summed E-state index contributed by atoms with van der Waals surface area (Å²) in [6.45, 7) is 1.93. The first kappa shape index (κ1) is 16.5. The van der Waals surface area contributed by atoms with Crippen LogP contribution in [0.2, 0.25) is 0 Å². The van der Waals surface area contributed by atoms with Gasteiger partial charge in [0.25, 0.3) is 0 Å². The predicted octanol–water partition coefficient (Wildman–Crippen LogP) is 3.72. The average Bonchev–Trinajstić information content (AvgIpc) is 3.37. The molecule has 8 heteroatoms. The number of hydrogen-bond acceptors (Lipinski definition) is 8. The molecule has 132 valence electrons. The summed E-state index contributed by atoms with van der Waals surface area (Å²) in [6, 6.07) is 13.8. The molecule has 0 radical (unpaired) electrons. The zero-order valence-corrected chi connectivity index (χ0v) is 15.0. The second-order valence-corrected chi connectivity index (χ2v) is 6.83. The van der Waals surface area contributed by atoms with Gasteiger partial charge in [-0.1, -0.05) is 24.3 Å². The minimum Gasteiger partial charge on any atom is -0.341 e. The minimum atomic E-state index is 0.424. The Hall–Kier alpha value is -3.00. The van der Waals surface area contributed by atoms with Crippen molar-refractivity contribution in [2.75, 3.05) is 28.7 Å². The quantitative estimate of drug-likeness (QED) is 0.512. The van der Waals surface area contributed by atoms with E-state index in [9.17, 15) is 0 Å². The first-order valence-corrected chi connectivity index (χ1v) is 9.40. The van der Waals surface area contributed by atoms with Crippen LogP contribution < -0.4 is 15.6 Å². The van der Waals surface area contributed by atoms with Gasteiger partial charge in [0.1, 0.15) is 0 Å². The van der Waals surface area contributed by atoms with Gasteiger partial charge in [0.05, 0.1) is 6.21 Å². The molecule has 7 nitrogen and oxygen atoms in total. The van der Waals surface area contributed by atoms with E-state index in [2.05, 4.69) is 35.7 Å². The molecule has 1 saturated heterocycles. The largest absolute Gasteiger partial charge is 0.341 e. The third kappa shape index (κ3) is 4.15. The fourth-order valence-electron chi connectivity index (χ4n) is 2.70. The van der Waals surface area contributed by atoms with Crippen molar-refractivity contribution in [1.82, 2.24) is 15.0 Å². The molecule has 0 amide bonds. The van der Waals surface area contributed by atoms with Crippen LogP contribution in [-0.4, -0.2) is 34.3 Å².